The van der Waals surface area contributed by atoms with E-state index in [1.54, 1.807) is 0 Å². The third-order valence-electron chi connectivity index (χ3n) is 3.89. The number of fused-ring (bicyclic) bond motifs is 1. The van der Waals surface area contributed by atoms with E-state index in [4.69, 9.17) is 5.73 Å². The average molecular weight is 279 g/mol. The van der Waals surface area contributed by atoms with E-state index in [0.717, 1.165) is 5.69 Å². The van der Waals surface area contributed by atoms with Crippen LogP contribution in [0.25, 0.3) is 0 Å². The van der Waals surface area contributed by atoms with Crippen molar-refractivity contribution in [3.05, 3.63) is 64.7 Å². The van der Waals surface area contributed by atoms with Crippen LogP contribution in [-0.4, -0.2) is 5.96 Å². The van der Waals surface area contributed by atoms with Gasteiger partial charge in [-0.1, -0.05) is 30.3 Å². The van der Waals surface area contributed by atoms with Gasteiger partial charge in [0.2, 0.25) is 0 Å². The molecule has 3 nitrogen and oxygen atoms in total. The normalized spacial score (nSPS) is 14.0. The summed E-state index contributed by atoms with van der Waals surface area (Å²) in [6.45, 7) is 2.68. The Morgan fingerprint density at radius 2 is 2.00 bits per heavy atom. The maximum Gasteiger partial charge on any atom is 0.193 e. The topological polar surface area (TPSA) is 50.4 Å². The van der Waals surface area contributed by atoms with Crippen molar-refractivity contribution in [3.63, 3.8) is 0 Å². The molecule has 2 aromatic rings. The summed E-state index contributed by atoms with van der Waals surface area (Å²) >= 11 is 0. The summed E-state index contributed by atoms with van der Waals surface area (Å²) in [7, 11) is 0. The van der Waals surface area contributed by atoms with Crippen molar-refractivity contribution in [2.75, 3.05) is 5.32 Å². The lowest BCUT2D eigenvalue weighted by atomic mass is 10.1. The zero-order valence-corrected chi connectivity index (χ0v) is 12.4. The summed E-state index contributed by atoms with van der Waals surface area (Å²) < 4.78 is 0. The molecule has 3 heteroatoms. The third kappa shape index (κ3) is 3.43. The zero-order valence-electron chi connectivity index (χ0n) is 12.4. The third-order valence-corrected chi connectivity index (χ3v) is 3.89. The van der Waals surface area contributed by atoms with E-state index < -0.39 is 0 Å². The molecule has 0 aromatic heterocycles. The Balaban J connectivity index is 1.65. The van der Waals surface area contributed by atoms with Crippen molar-refractivity contribution in [1.29, 1.82) is 0 Å². The van der Waals surface area contributed by atoms with Crippen molar-refractivity contribution < 1.29 is 0 Å². The van der Waals surface area contributed by atoms with E-state index in [1.165, 1.54) is 41.5 Å². The van der Waals surface area contributed by atoms with Gasteiger partial charge in [0.1, 0.15) is 0 Å². The number of nitrogens with one attached hydrogen (secondary N) is 1. The average Bonchev–Trinajstić information content (AvgIpc) is 2.92. The molecular weight excluding hydrogens is 258 g/mol. The van der Waals surface area contributed by atoms with Crippen LogP contribution in [0, 0.1) is 6.92 Å². The van der Waals surface area contributed by atoms with Crippen LogP contribution < -0.4 is 11.1 Å². The molecule has 3 rings (SSSR count). The summed E-state index contributed by atoms with van der Waals surface area (Å²) in [5, 5.41) is 3.13. The molecular formula is C18H21N3. The lowest BCUT2D eigenvalue weighted by Gasteiger charge is -2.07. The smallest absolute Gasteiger partial charge is 0.193 e. The van der Waals surface area contributed by atoms with Crippen LogP contribution in [0.2, 0.25) is 0 Å². The lowest BCUT2D eigenvalue weighted by molar-refractivity contribution is 0.911. The van der Waals surface area contributed by atoms with E-state index >= 15 is 0 Å². The molecule has 0 radical (unpaired) electrons. The number of anilines is 1. The van der Waals surface area contributed by atoms with Crippen molar-refractivity contribution >= 4 is 11.6 Å². The van der Waals surface area contributed by atoms with Crippen LogP contribution in [0.4, 0.5) is 5.69 Å². The fraction of sp³-hybridized carbons (Fsp3) is 0.278. The van der Waals surface area contributed by atoms with Gasteiger partial charge in [0.15, 0.2) is 5.96 Å². The van der Waals surface area contributed by atoms with Crippen LogP contribution in [0.1, 0.15) is 28.7 Å². The Labute approximate surface area is 125 Å². The van der Waals surface area contributed by atoms with Crippen LogP contribution in [0.5, 0.6) is 0 Å². The number of benzene rings is 2. The molecule has 21 heavy (non-hydrogen) atoms. The summed E-state index contributed by atoms with van der Waals surface area (Å²) in [4.78, 5) is 4.43. The van der Waals surface area contributed by atoms with Crippen molar-refractivity contribution in [1.82, 2.24) is 0 Å². The van der Waals surface area contributed by atoms with Gasteiger partial charge in [-0.15, -0.1) is 0 Å². The van der Waals surface area contributed by atoms with Crippen molar-refractivity contribution in [2.45, 2.75) is 32.7 Å². The molecule has 108 valence electrons. The molecule has 0 fully saturated rings. The quantitative estimate of drug-likeness (QED) is 0.668. The van der Waals surface area contributed by atoms with Gasteiger partial charge in [-0.25, -0.2) is 4.99 Å². The summed E-state index contributed by atoms with van der Waals surface area (Å²) in [6, 6.07) is 14.8. The molecule has 0 atom stereocenters. The van der Waals surface area contributed by atoms with Crippen LogP contribution in [0.3, 0.4) is 0 Å². The summed E-state index contributed by atoms with van der Waals surface area (Å²) in [5.74, 6) is 0.459. The lowest BCUT2D eigenvalue weighted by Crippen LogP contribution is -2.22. The van der Waals surface area contributed by atoms with Crippen LogP contribution in [0.15, 0.2) is 47.5 Å². The first-order valence-corrected chi connectivity index (χ1v) is 7.45. The molecule has 1 aliphatic carbocycles. The molecule has 1 aliphatic rings. The number of nitrogens with two attached hydrogens (primary N) is 1. The maximum atomic E-state index is 5.96. The predicted octanol–water partition coefficient (Wildman–Crippen LogP) is 3.41. The summed E-state index contributed by atoms with van der Waals surface area (Å²) in [6.07, 6.45) is 3.69. The number of nitrogens with zero attached hydrogens (tertiary/aromatic N) is 1. The molecule has 0 aliphatic heterocycles. The number of guanidine groups is 1. The minimum Gasteiger partial charge on any atom is -0.370 e. The van der Waals surface area contributed by atoms with E-state index in [9.17, 15) is 0 Å². The minimum atomic E-state index is 0.459. The fourth-order valence-electron chi connectivity index (χ4n) is 2.81. The van der Waals surface area contributed by atoms with E-state index in [0.29, 0.717) is 12.5 Å². The van der Waals surface area contributed by atoms with Gasteiger partial charge >= 0.3 is 0 Å². The Morgan fingerprint density at radius 1 is 1.14 bits per heavy atom. The second kappa shape index (κ2) is 6.00. The number of rotatable bonds is 3. The molecule has 0 bridgehead atoms. The Morgan fingerprint density at radius 3 is 2.86 bits per heavy atom. The van der Waals surface area contributed by atoms with Crippen molar-refractivity contribution in [3.8, 4) is 0 Å². The van der Waals surface area contributed by atoms with Gasteiger partial charge in [0.05, 0.1) is 6.54 Å². The first-order valence-electron chi connectivity index (χ1n) is 7.45. The standard InChI is InChI=1S/C18H21N3/c1-13-4-2-7-17(10-13)21-18(19)20-12-14-8-9-15-5-3-6-16(15)11-14/h2,4,7-11H,3,5-6,12H2,1H3,(H3,19,20,21). The monoisotopic (exact) mass is 279 g/mol. The zero-order chi connectivity index (χ0) is 14.7. The Kier molecular flexibility index (Phi) is 3.91. The van der Waals surface area contributed by atoms with Gasteiger partial charge in [-0.2, -0.15) is 0 Å². The summed E-state index contributed by atoms with van der Waals surface area (Å²) in [5.41, 5.74) is 12.3. The molecule has 3 N–H and O–H groups in total. The number of aliphatic imine (C=N–C) groups is 1. The minimum absolute atomic E-state index is 0.459. The second-order valence-corrected chi connectivity index (χ2v) is 5.65. The van der Waals surface area contributed by atoms with Crippen LogP contribution in [-0.2, 0) is 19.4 Å². The highest BCUT2D eigenvalue weighted by Crippen LogP contribution is 2.23. The Hall–Kier alpha value is -2.29. The number of aryl methyl sites for hydroxylation is 3. The highest BCUT2D eigenvalue weighted by atomic mass is 15.1. The molecule has 0 amide bonds. The maximum absolute atomic E-state index is 5.96. The number of hydrogen-bond acceptors (Lipinski definition) is 1. The van der Waals surface area contributed by atoms with Gasteiger partial charge in [0.25, 0.3) is 0 Å². The van der Waals surface area contributed by atoms with E-state index in [-0.39, 0.29) is 0 Å². The molecule has 0 saturated heterocycles. The van der Waals surface area contributed by atoms with Crippen LogP contribution >= 0.6 is 0 Å². The first-order chi connectivity index (χ1) is 10.2. The highest BCUT2D eigenvalue weighted by Gasteiger charge is 2.10. The fourth-order valence-corrected chi connectivity index (χ4v) is 2.81. The van der Waals surface area contributed by atoms with E-state index in [1.807, 2.05) is 12.1 Å². The number of hydrogen-bond donors (Lipinski definition) is 2. The molecule has 0 unspecified atom stereocenters. The first kappa shape index (κ1) is 13.7. The van der Waals surface area contributed by atoms with Gasteiger partial charge in [-0.05, 0) is 60.6 Å². The Bertz CT molecular complexity index is 674. The second-order valence-electron chi connectivity index (χ2n) is 5.65. The molecule has 0 saturated carbocycles. The predicted molar refractivity (Wildman–Crippen MR) is 88.6 cm³/mol. The largest absolute Gasteiger partial charge is 0.370 e. The molecule has 0 spiro atoms. The van der Waals surface area contributed by atoms with E-state index in [2.05, 4.69) is 47.6 Å². The molecule has 0 heterocycles. The molecule has 2 aromatic carbocycles. The van der Waals surface area contributed by atoms with Gasteiger partial charge in [-0.3, -0.25) is 0 Å². The van der Waals surface area contributed by atoms with Gasteiger partial charge in [0, 0.05) is 5.69 Å². The SMILES string of the molecule is Cc1cccc(NC(N)=NCc2ccc3c(c2)CCC3)c1. The highest BCUT2D eigenvalue weighted by molar-refractivity contribution is 5.92. The van der Waals surface area contributed by atoms with Crippen molar-refractivity contribution in [2.24, 2.45) is 10.7 Å². The van der Waals surface area contributed by atoms with Gasteiger partial charge < -0.3 is 11.1 Å².